The Kier molecular flexibility index (Phi) is 25.2. The predicted molar refractivity (Wildman–Crippen MR) is 199 cm³/mol. The molecule has 1 unspecified atom stereocenters. The summed E-state index contributed by atoms with van der Waals surface area (Å²) >= 11 is 0. The quantitative estimate of drug-likeness (QED) is 0.0578. The number of amides is 6. The maximum absolute atomic E-state index is 13.0. The number of Topliss-reactive ketones (excluding diaryl/α,β-unsaturated/α-hetero) is 1. The van der Waals surface area contributed by atoms with Crippen LogP contribution in [0.1, 0.15) is 132 Å². The largest absolute Gasteiger partial charge is 0.394 e. The summed E-state index contributed by atoms with van der Waals surface area (Å²) in [6.07, 6.45) is 11.8. The first-order chi connectivity index (χ1) is 24.5. The van der Waals surface area contributed by atoms with Gasteiger partial charge in [0.05, 0.1) is 25.3 Å². The van der Waals surface area contributed by atoms with Gasteiger partial charge in [0, 0.05) is 13.5 Å². The molecular weight excluding hydrogens is 672 g/mol. The first kappa shape index (κ1) is 48.4. The molecule has 0 spiro atoms. The van der Waals surface area contributed by atoms with Crippen molar-refractivity contribution in [2.45, 2.75) is 168 Å². The van der Waals surface area contributed by atoms with E-state index >= 15 is 0 Å². The number of nitrogens with zero attached hydrogens (tertiary/aromatic N) is 1. The Balaban J connectivity index is 4.80. The van der Waals surface area contributed by atoms with E-state index in [1.54, 1.807) is 0 Å². The molecule has 15 nitrogen and oxygen atoms in total. The van der Waals surface area contributed by atoms with Crippen LogP contribution in [0.4, 0.5) is 0 Å². The first-order valence-corrected chi connectivity index (χ1v) is 19.0. The van der Waals surface area contributed by atoms with Gasteiger partial charge >= 0.3 is 0 Å². The molecule has 6 amide bonds. The summed E-state index contributed by atoms with van der Waals surface area (Å²) in [7, 11) is 1.25. The third-order valence-electron chi connectivity index (χ3n) is 8.81. The van der Waals surface area contributed by atoms with E-state index < -0.39 is 79.0 Å². The Labute approximate surface area is 310 Å². The number of carbonyl (C=O) groups excluding carboxylic acids is 7. The van der Waals surface area contributed by atoms with Crippen molar-refractivity contribution in [1.29, 1.82) is 0 Å². The van der Waals surface area contributed by atoms with E-state index in [-0.39, 0.29) is 24.0 Å². The topological polar surface area (TPSA) is 223 Å². The monoisotopic (exact) mass is 741 g/mol. The van der Waals surface area contributed by atoms with Crippen molar-refractivity contribution in [3.05, 3.63) is 0 Å². The van der Waals surface area contributed by atoms with Crippen LogP contribution in [0.5, 0.6) is 0 Å². The minimum Gasteiger partial charge on any atom is -0.394 e. The molecule has 0 aliphatic rings. The van der Waals surface area contributed by atoms with Gasteiger partial charge in [0.25, 0.3) is 0 Å². The number of unbranched alkanes of at least 4 members (excludes halogenated alkanes) is 10. The highest BCUT2D eigenvalue weighted by atomic mass is 16.3. The van der Waals surface area contributed by atoms with Crippen LogP contribution in [0.25, 0.3) is 0 Å². The van der Waals surface area contributed by atoms with E-state index in [2.05, 4.69) is 33.5 Å². The third-order valence-corrected chi connectivity index (χ3v) is 8.81. The molecular formula is C37H68N6O9. The van der Waals surface area contributed by atoms with Crippen LogP contribution in [-0.4, -0.2) is 113 Å². The highest BCUT2D eigenvalue weighted by molar-refractivity contribution is 5.96. The fraction of sp³-hybridized carbons (Fsp3) is 0.811. The van der Waals surface area contributed by atoms with Crippen molar-refractivity contribution in [3.8, 4) is 0 Å². The van der Waals surface area contributed by atoms with Gasteiger partial charge in [-0.2, -0.15) is 0 Å². The van der Waals surface area contributed by atoms with Crippen molar-refractivity contribution in [2.75, 3.05) is 20.2 Å². The van der Waals surface area contributed by atoms with Gasteiger partial charge in [-0.25, -0.2) is 0 Å². The highest BCUT2D eigenvalue weighted by Gasteiger charge is 2.34. The van der Waals surface area contributed by atoms with Crippen LogP contribution >= 0.6 is 0 Å². The number of aliphatic hydroxyl groups excluding tert-OH is 2. The minimum absolute atomic E-state index is 0.136. The second-order valence-corrected chi connectivity index (χ2v) is 14.3. The SMILES string of the molecule is CCCCCCCCCCCCCC(=O)N[C@H](CO)C(=O)N[C@H](C)C(=O)NCC(=O)N(C)[C@H](C(=O)N[C@@H](C)C(=O)N[C@@H](CC(C)C)C(C)=O)C(C)O. The fourth-order valence-electron chi connectivity index (χ4n) is 5.56. The Hall–Kier alpha value is -3.59. The van der Waals surface area contributed by atoms with Gasteiger partial charge in [-0.1, -0.05) is 85.0 Å². The maximum Gasteiger partial charge on any atom is 0.246 e. The summed E-state index contributed by atoms with van der Waals surface area (Å²) < 4.78 is 0. The lowest BCUT2D eigenvalue weighted by Crippen LogP contribution is -2.59. The van der Waals surface area contributed by atoms with Gasteiger partial charge in [0.15, 0.2) is 5.78 Å². The number of nitrogens with one attached hydrogen (secondary N) is 5. The molecule has 0 saturated carbocycles. The first-order valence-electron chi connectivity index (χ1n) is 19.0. The molecule has 0 saturated heterocycles. The van der Waals surface area contributed by atoms with Crippen LogP contribution in [0, 0.1) is 5.92 Å². The molecule has 15 heteroatoms. The molecule has 0 aromatic heterocycles. The van der Waals surface area contributed by atoms with Crippen LogP contribution in [-0.2, 0) is 33.6 Å². The van der Waals surface area contributed by atoms with Crippen molar-refractivity contribution >= 4 is 41.2 Å². The molecule has 0 fully saturated rings. The standard InChI is InChI=1S/C37H68N6O9/c1-9-10-11-12-13-14-15-16-17-18-19-20-31(47)41-30(23-44)36(51)39-25(4)34(49)38-22-32(48)43(8)33(28(7)46)37(52)40-26(5)35(50)42-29(27(6)45)21-24(2)3/h24-26,28-30,33,44,46H,9-23H2,1-8H3,(H,38,49)(H,39,51)(H,40,52)(H,41,47)(H,42,50)/t25-,26+,28?,29+,30-,33+/m1/s1. The van der Waals surface area contributed by atoms with E-state index in [1.807, 2.05) is 13.8 Å². The van der Waals surface area contributed by atoms with E-state index in [1.165, 1.54) is 79.7 Å². The molecule has 52 heavy (non-hydrogen) atoms. The molecule has 0 aromatic carbocycles. The summed E-state index contributed by atoms with van der Waals surface area (Å²) in [4.78, 5) is 89.3. The van der Waals surface area contributed by atoms with Gasteiger partial charge in [0.2, 0.25) is 35.4 Å². The van der Waals surface area contributed by atoms with Crippen molar-refractivity contribution in [2.24, 2.45) is 5.92 Å². The van der Waals surface area contributed by atoms with Crippen LogP contribution < -0.4 is 26.6 Å². The number of aliphatic hydroxyl groups is 2. The van der Waals surface area contributed by atoms with Crippen molar-refractivity contribution in [1.82, 2.24) is 31.5 Å². The molecule has 7 N–H and O–H groups in total. The fourth-order valence-corrected chi connectivity index (χ4v) is 5.56. The summed E-state index contributed by atoms with van der Waals surface area (Å²) in [6.45, 7) is 10.2. The smallest absolute Gasteiger partial charge is 0.246 e. The summed E-state index contributed by atoms with van der Waals surface area (Å²) in [5, 5.41) is 32.3. The van der Waals surface area contributed by atoms with Gasteiger partial charge in [-0.15, -0.1) is 0 Å². The molecule has 0 radical (unpaired) electrons. The Morgan fingerprint density at radius 1 is 0.635 bits per heavy atom. The molecule has 300 valence electrons. The van der Waals surface area contributed by atoms with E-state index in [9.17, 15) is 43.8 Å². The predicted octanol–water partition coefficient (Wildman–Crippen LogP) is 1.62. The lowest BCUT2D eigenvalue weighted by molar-refractivity contribution is -0.144. The highest BCUT2D eigenvalue weighted by Crippen LogP contribution is 2.12. The van der Waals surface area contributed by atoms with Crippen molar-refractivity contribution in [3.63, 3.8) is 0 Å². The molecule has 0 aromatic rings. The van der Waals surface area contributed by atoms with Crippen LogP contribution in [0.15, 0.2) is 0 Å². The zero-order valence-electron chi connectivity index (χ0n) is 32.8. The number of rotatable bonds is 28. The number of carbonyl (C=O) groups is 7. The molecule has 6 atom stereocenters. The van der Waals surface area contributed by atoms with Gasteiger partial charge in [-0.3, -0.25) is 33.6 Å². The normalized spacial score (nSPS) is 14.6. The van der Waals surface area contributed by atoms with Crippen molar-refractivity contribution < 1.29 is 43.8 Å². The Morgan fingerprint density at radius 2 is 1.13 bits per heavy atom. The molecule has 0 heterocycles. The number of ketones is 1. The van der Waals surface area contributed by atoms with E-state index in [4.69, 9.17) is 0 Å². The summed E-state index contributed by atoms with van der Waals surface area (Å²) in [6, 6.07) is -5.64. The van der Waals surface area contributed by atoms with Gasteiger partial charge in [-0.05, 0) is 46.5 Å². The number of likely N-dealkylation sites (N-methyl/N-ethyl adjacent to an activating group) is 1. The molecule has 0 aliphatic heterocycles. The number of hydrogen-bond donors (Lipinski definition) is 7. The lowest BCUT2D eigenvalue weighted by atomic mass is 10.0. The van der Waals surface area contributed by atoms with Gasteiger partial charge in [0.1, 0.15) is 24.2 Å². The summed E-state index contributed by atoms with van der Waals surface area (Å²) in [5.74, 6) is -4.18. The number of hydrogen-bond acceptors (Lipinski definition) is 9. The summed E-state index contributed by atoms with van der Waals surface area (Å²) in [5.41, 5.74) is 0. The maximum atomic E-state index is 13.0. The molecule has 0 rings (SSSR count). The average Bonchev–Trinajstić information content (AvgIpc) is 3.07. The minimum atomic E-state index is -1.42. The third kappa shape index (κ3) is 20.4. The van der Waals surface area contributed by atoms with Crippen LogP contribution in [0.3, 0.4) is 0 Å². The Morgan fingerprint density at radius 3 is 1.62 bits per heavy atom. The van der Waals surface area contributed by atoms with Crippen LogP contribution in [0.2, 0.25) is 0 Å². The average molecular weight is 741 g/mol. The zero-order chi connectivity index (χ0) is 39.8. The zero-order valence-corrected chi connectivity index (χ0v) is 32.8. The lowest BCUT2D eigenvalue weighted by Gasteiger charge is -2.30. The van der Waals surface area contributed by atoms with E-state index in [0.29, 0.717) is 12.8 Å². The Bertz CT molecular complexity index is 1130. The molecule has 0 bridgehead atoms. The second kappa shape index (κ2) is 27.1. The van der Waals surface area contributed by atoms with Gasteiger partial charge < -0.3 is 41.7 Å². The second-order valence-electron chi connectivity index (χ2n) is 14.3. The molecule has 0 aliphatic carbocycles. The van der Waals surface area contributed by atoms with E-state index in [0.717, 1.165) is 24.2 Å².